The Balaban J connectivity index is 1.88. The van der Waals surface area contributed by atoms with Crippen LogP contribution in [0.2, 0.25) is 0 Å². The van der Waals surface area contributed by atoms with E-state index in [9.17, 15) is 28.8 Å². The minimum Gasteiger partial charge on any atom is -0.469 e. The van der Waals surface area contributed by atoms with Gasteiger partial charge in [-0.1, -0.05) is 24.3 Å². The summed E-state index contributed by atoms with van der Waals surface area (Å²) < 4.78 is 9.05. The number of esters is 2. The van der Waals surface area contributed by atoms with Crippen molar-refractivity contribution in [2.24, 2.45) is 0 Å². The second-order valence-electron chi connectivity index (χ2n) is 7.82. The summed E-state index contributed by atoms with van der Waals surface area (Å²) >= 11 is 0. The molecule has 0 aliphatic heterocycles. The number of benzene rings is 2. The number of hydrogen-bond donors (Lipinski definition) is 3. The van der Waals surface area contributed by atoms with Gasteiger partial charge in [0.25, 0.3) is 0 Å². The van der Waals surface area contributed by atoms with Crippen LogP contribution in [0.15, 0.2) is 36.4 Å². The highest BCUT2D eigenvalue weighted by atomic mass is 16.5. The average Bonchev–Trinajstić information content (AvgIpc) is 2.87. The van der Waals surface area contributed by atoms with E-state index in [4.69, 9.17) is 0 Å². The molecule has 1 aliphatic carbocycles. The van der Waals surface area contributed by atoms with Crippen LogP contribution in [0.5, 0.6) is 0 Å². The Bertz CT molecular complexity index is 1140. The number of fused-ring (bicyclic) bond motifs is 2. The van der Waals surface area contributed by atoms with Crippen LogP contribution in [0.4, 0.5) is 11.4 Å². The zero-order valence-electron chi connectivity index (χ0n) is 19.8. The van der Waals surface area contributed by atoms with Crippen molar-refractivity contribution < 1.29 is 38.2 Å². The second-order valence-corrected chi connectivity index (χ2v) is 7.82. The van der Waals surface area contributed by atoms with Crippen LogP contribution >= 0.6 is 0 Å². The molecule has 2 aromatic carbocycles. The van der Waals surface area contributed by atoms with Crippen molar-refractivity contribution in [3.8, 4) is 0 Å². The van der Waals surface area contributed by atoms with E-state index in [2.05, 4.69) is 25.4 Å². The first-order valence-corrected chi connectivity index (χ1v) is 11.1. The monoisotopic (exact) mass is 495 g/mol. The maximum absolute atomic E-state index is 13.4. The smallest absolute Gasteiger partial charge is 0.319 e. The van der Waals surface area contributed by atoms with Crippen LogP contribution < -0.4 is 16.0 Å². The Morgan fingerprint density at radius 2 is 1.22 bits per heavy atom. The van der Waals surface area contributed by atoms with Gasteiger partial charge in [0, 0.05) is 24.0 Å². The highest BCUT2D eigenvalue weighted by molar-refractivity contribution is 6.32. The van der Waals surface area contributed by atoms with E-state index in [0.29, 0.717) is 0 Å². The molecule has 0 fully saturated rings. The van der Waals surface area contributed by atoms with E-state index >= 15 is 0 Å². The van der Waals surface area contributed by atoms with Gasteiger partial charge in [-0.15, -0.1) is 0 Å². The second kappa shape index (κ2) is 11.8. The lowest BCUT2D eigenvalue weighted by Crippen LogP contribution is -2.33. The number of amides is 2. The fraction of sp³-hybridized carbons (Fsp3) is 0.280. The van der Waals surface area contributed by atoms with Crippen LogP contribution in [0.1, 0.15) is 51.1 Å². The Kier molecular flexibility index (Phi) is 8.63. The zero-order chi connectivity index (χ0) is 26.2. The van der Waals surface area contributed by atoms with E-state index < -0.39 is 35.3 Å². The number of methoxy groups -OCH3 is 2. The van der Waals surface area contributed by atoms with Crippen LogP contribution in [0, 0.1) is 0 Å². The Hall–Kier alpha value is -4.38. The van der Waals surface area contributed by atoms with Gasteiger partial charge in [0.2, 0.25) is 11.8 Å². The molecular weight excluding hydrogens is 470 g/mol. The molecule has 3 N–H and O–H groups in total. The van der Waals surface area contributed by atoms with Gasteiger partial charge in [-0.3, -0.25) is 34.1 Å². The summed E-state index contributed by atoms with van der Waals surface area (Å²) in [6.07, 6.45) is 0.290. The molecule has 0 radical (unpaired) electrons. The number of nitrogens with one attached hydrogen (secondary N) is 3. The van der Waals surface area contributed by atoms with Gasteiger partial charge in [-0.2, -0.15) is 0 Å². The van der Waals surface area contributed by atoms with Crippen molar-refractivity contribution in [3.63, 3.8) is 0 Å². The van der Waals surface area contributed by atoms with E-state index in [1.807, 2.05) is 0 Å². The SMILES string of the molecule is COC(=O)CCCC(=O)Nc1ccc(NC(=O)CNCC(=O)OC)c2c1C(=O)c1ccccc1C2=O. The highest BCUT2D eigenvalue weighted by Gasteiger charge is 2.34. The summed E-state index contributed by atoms with van der Waals surface area (Å²) in [6, 6.07) is 9.12. The molecule has 0 aromatic heterocycles. The van der Waals surface area contributed by atoms with Crippen LogP contribution in [0.25, 0.3) is 0 Å². The highest BCUT2D eigenvalue weighted by Crippen LogP contribution is 2.36. The van der Waals surface area contributed by atoms with Gasteiger partial charge in [0.05, 0.1) is 49.8 Å². The van der Waals surface area contributed by atoms with E-state index in [1.165, 1.54) is 38.5 Å². The fourth-order valence-electron chi connectivity index (χ4n) is 3.68. The summed E-state index contributed by atoms with van der Waals surface area (Å²) in [7, 11) is 2.47. The minimum atomic E-state index is -0.556. The molecule has 2 amide bonds. The Morgan fingerprint density at radius 1 is 0.694 bits per heavy atom. The molecule has 3 rings (SSSR count). The third-order valence-electron chi connectivity index (χ3n) is 5.42. The lowest BCUT2D eigenvalue weighted by atomic mass is 9.82. The van der Waals surface area contributed by atoms with Gasteiger partial charge >= 0.3 is 11.9 Å². The van der Waals surface area contributed by atoms with Gasteiger partial charge in [-0.25, -0.2) is 0 Å². The molecule has 11 heteroatoms. The fourth-order valence-corrected chi connectivity index (χ4v) is 3.68. The molecule has 2 aromatic rings. The molecule has 0 saturated heterocycles. The molecule has 0 saturated carbocycles. The molecule has 36 heavy (non-hydrogen) atoms. The maximum atomic E-state index is 13.4. The van der Waals surface area contributed by atoms with Crippen molar-refractivity contribution in [2.45, 2.75) is 19.3 Å². The largest absolute Gasteiger partial charge is 0.469 e. The average molecular weight is 495 g/mol. The number of rotatable bonds is 10. The lowest BCUT2D eigenvalue weighted by molar-refractivity contribution is -0.141. The van der Waals surface area contributed by atoms with Crippen molar-refractivity contribution in [1.82, 2.24) is 5.32 Å². The Labute approximate surface area is 206 Å². The van der Waals surface area contributed by atoms with Crippen molar-refractivity contribution >= 4 is 46.7 Å². The molecule has 0 spiro atoms. The van der Waals surface area contributed by atoms with Gasteiger partial charge in [0.1, 0.15) is 0 Å². The maximum Gasteiger partial charge on any atom is 0.319 e. The third kappa shape index (κ3) is 5.99. The van der Waals surface area contributed by atoms with E-state index in [0.717, 1.165) is 0 Å². The van der Waals surface area contributed by atoms with Gasteiger partial charge in [-0.05, 0) is 18.6 Å². The molecule has 0 bridgehead atoms. The molecule has 0 atom stereocenters. The number of ketones is 2. The van der Waals surface area contributed by atoms with Crippen LogP contribution in [-0.4, -0.2) is 62.6 Å². The summed E-state index contributed by atoms with van der Waals surface area (Å²) in [5, 5.41) is 7.84. The number of hydrogen-bond acceptors (Lipinski definition) is 9. The summed E-state index contributed by atoms with van der Waals surface area (Å²) in [5.41, 5.74) is 0.470. The predicted molar refractivity (Wildman–Crippen MR) is 128 cm³/mol. The van der Waals surface area contributed by atoms with Gasteiger partial charge in [0.15, 0.2) is 11.6 Å². The van der Waals surface area contributed by atoms with Crippen molar-refractivity contribution in [2.75, 3.05) is 37.9 Å². The van der Waals surface area contributed by atoms with Gasteiger partial charge < -0.3 is 20.1 Å². The number of carbonyl (C=O) groups excluding carboxylic acids is 6. The first-order valence-electron chi connectivity index (χ1n) is 11.1. The summed E-state index contributed by atoms with van der Waals surface area (Å²) in [4.78, 5) is 74.2. The molecule has 11 nitrogen and oxygen atoms in total. The topological polar surface area (TPSA) is 157 Å². The molecule has 0 heterocycles. The van der Waals surface area contributed by atoms with Crippen LogP contribution in [-0.2, 0) is 28.7 Å². The number of ether oxygens (including phenoxy) is 2. The predicted octanol–water partition coefficient (Wildman–Crippen LogP) is 1.44. The summed E-state index contributed by atoms with van der Waals surface area (Å²) in [6.45, 7) is -0.435. The van der Waals surface area contributed by atoms with E-state index in [-0.39, 0.29) is 66.0 Å². The minimum absolute atomic E-state index is 0.00700. The third-order valence-corrected chi connectivity index (χ3v) is 5.42. The quantitative estimate of drug-likeness (QED) is 0.354. The number of anilines is 2. The first-order chi connectivity index (χ1) is 17.3. The Morgan fingerprint density at radius 3 is 1.75 bits per heavy atom. The van der Waals surface area contributed by atoms with Crippen molar-refractivity contribution in [1.29, 1.82) is 0 Å². The molecule has 0 unspecified atom stereocenters. The van der Waals surface area contributed by atoms with E-state index in [1.54, 1.807) is 12.1 Å². The molecule has 1 aliphatic rings. The van der Waals surface area contributed by atoms with Crippen LogP contribution in [0.3, 0.4) is 0 Å². The molecule has 188 valence electrons. The summed E-state index contributed by atoms with van der Waals surface area (Å²) in [5.74, 6) is -2.98. The number of carbonyl (C=O) groups is 6. The zero-order valence-corrected chi connectivity index (χ0v) is 19.8. The lowest BCUT2D eigenvalue weighted by Gasteiger charge is -2.23. The first kappa shape index (κ1) is 26.2. The normalized spacial score (nSPS) is 11.7. The molecular formula is C25H25N3O8. The standard InChI is InChI=1S/C25H25N3O8/c1-35-20(31)9-5-8-18(29)27-16-10-11-17(28-19(30)12-26-13-21(32)36-2)23-22(16)24(33)14-6-3-4-7-15(14)25(23)34/h3-4,6-7,10-11,26H,5,8-9,12-13H2,1-2H3,(H,27,29)(H,28,30). The van der Waals surface area contributed by atoms with Crippen molar-refractivity contribution in [3.05, 3.63) is 58.7 Å².